The van der Waals surface area contributed by atoms with Gasteiger partial charge in [0.2, 0.25) is 4.96 Å². The van der Waals surface area contributed by atoms with Gasteiger partial charge in [0, 0.05) is 5.56 Å². The van der Waals surface area contributed by atoms with E-state index in [-0.39, 0.29) is 17.5 Å². The highest BCUT2D eigenvalue weighted by atomic mass is 35.5. The van der Waals surface area contributed by atoms with Crippen LogP contribution in [0.25, 0.3) is 4.96 Å². The van der Waals surface area contributed by atoms with Crippen LogP contribution in [0.5, 0.6) is 0 Å². The summed E-state index contributed by atoms with van der Waals surface area (Å²) in [6.07, 6.45) is 0.840. The predicted molar refractivity (Wildman–Crippen MR) is 87.6 cm³/mol. The molecular formula is C15H14ClFN4OS. The molecule has 0 radical (unpaired) electrons. The van der Waals surface area contributed by atoms with Crippen LogP contribution in [0.15, 0.2) is 18.2 Å². The lowest BCUT2D eigenvalue weighted by atomic mass is 10.2. The molecule has 0 spiro atoms. The fourth-order valence-electron chi connectivity index (χ4n) is 2.18. The summed E-state index contributed by atoms with van der Waals surface area (Å²) in [7, 11) is 0. The minimum absolute atomic E-state index is 0.0762. The van der Waals surface area contributed by atoms with E-state index in [0.29, 0.717) is 5.56 Å². The molecule has 0 aliphatic rings. The van der Waals surface area contributed by atoms with Crippen molar-refractivity contribution in [3.8, 4) is 0 Å². The first kappa shape index (κ1) is 15.9. The zero-order chi connectivity index (χ0) is 16.6. The van der Waals surface area contributed by atoms with Gasteiger partial charge in [0.05, 0.1) is 23.0 Å². The predicted octanol–water partition coefficient (Wildman–Crippen LogP) is 3.38. The molecule has 1 amide bonds. The van der Waals surface area contributed by atoms with Gasteiger partial charge in [0.15, 0.2) is 0 Å². The molecule has 0 aliphatic carbocycles. The van der Waals surface area contributed by atoms with Crippen molar-refractivity contribution >= 4 is 33.8 Å². The molecule has 0 saturated heterocycles. The number of imidazole rings is 1. The summed E-state index contributed by atoms with van der Waals surface area (Å²) in [6, 6.07) is 3.88. The maximum absolute atomic E-state index is 13.2. The van der Waals surface area contributed by atoms with E-state index in [1.165, 1.54) is 29.5 Å². The second-order valence-electron chi connectivity index (χ2n) is 5.00. The first-order valence-electron chi connectivity index (χ1n) is 7.06. The van der Waals surface area contributed by atoms with Crippen molar-refractivity contribution in [3.05, 3.63) is 51.0 Å². The average Bonchev–Trinajstić information content (AvgIpc) is 3.04. The van der Waals surface area contributed by atoms with Gasteiger partial charge in [0.1, 0.15) is 10.8 Å². The molecule has 23 heavy (non-hydrogen) atoms. The van der Waals surface area contributed by atoms with Crippen molar-refractivity contribution in [1.29, 1.82) is 0 Å². The molecule has 2 aromatic heterocycles. The summed E-state index contributed by atoms with van der Waals surface area (Å²) in [6.45, 7) is 4.20. The fraction of sp³-hybridized carbons (Fsp3) is 0.267. The van der Waals surface area contributed by atoms with Crippen molar-refractivity contribution < 1.29 is 9.18 Å². The van der Waals surface area contributed by atoms with Gasteiger partial charge in [-0.05, 0) is 31.5 Å². The average molecular weight is 353 g/mol. The molecule has 1 aromatic carbocycles. The zero-order valence-corrected chi connectivity index (χ0v) is 14.1. The normalized spacial score (nSPS) is 11.1. The number of nitrogens with zero attached hydrogens (tertiary/aromatic N) is 3. The van der Waals surface area contributed by atoms with Crippen LogP contribution in [-0.2, 0) is 13.0 Å². The van der Waals surface area contributed by atoms with Crippen molar-refractivity contribution in [1.82, 2.24) is 19.9 Å². The van der Waals surface area contributed by atoms with Crippen LogP contribution < -0.4 is 5.32 Å². The maximum Gasteiger partial charge on any atom is 0.251 e. The van der Waals surface area contributed by atoms with Crippen LogP contribution in [0.4, 0.5) is 4.39 Å². The number of aryl methyl sites for hydroxylation is 2. The van der Waals surface area contributed by atoms with Crippen LogP contribution in [0.3, 0.4) is 0 Å². The maximum atomic E-state index is 13.2. The Morgan fingerprint density at radius 1 is 1.48 bits per heavy atom. The molecule has 0 unspecified atom stereocenters. The van der Waals surface area contributed by atoms with Crippen molar-refractivity contribution in [2.75, 3.05) is 0 Å². The van der Waals surface area contributed by atoms with E-state index in [4.69, 9.17) is 11.6 Å². The Labute approximate surface area is 141 Å². The van der Waals surface area contributed by atoms with Gasteiger partial charge in [-0.25, -0.2) is 13.9 Å². The molecule has 2 heterocycles. The van der Waals surface area contributed by atoms with Crippen molar-refractivity contribution in [3.63, 3.8) is 0 Å². The van der Waals surface area contributed by atoms with Gasteiger partial charge in [-0.3, -0.25) is 4.79 Å². The third-order valence-electron chi connectivity index (χ3n) is 3.44. The monoisotopic (exact) mass is 352 g/mol. The number of fused-ring (bicyclic) bond motifs is 1. The SMILES string of the molecule is CCc1nn2c(CNC(=O)c3ccc(F)c(Cl)c3)c(C)nc2s1. The third-order valence-corrected chi connectivity index (χ3v) is 4.78. The largest absolute Gasteiger partial charge is 0.346 e. The van der Waals surface area contributed by atoms with Crippen LogP contribution in [0.1, 0.15) is 33.7 Å². The van der Waals surface area contributed by atoms with Gasteiger partial charge in [0.25, 0.3) is 5.91 Å². The minimum atomic E-state index is -0.550. The van der Waals surface area contributed by atoms with Gasteiger partial charge >= 0.3 is 0 Å². The molecule has 1 N–H and O–H groups in total. The fourth-order valence-corrected chi connectivity index (χ4v) is 3.26. The highest BCUT2D eigenvalue weighted by molar-refractivity contribution is 7.16. The summed E-state index contributed by atoms with van der Waals surface area (Å²) in [5, 5.41) is 8.19. The van der Waals surface area contributed by atoms with Crippen LogP contribution in [0, 0.1) is 12.7 Å². The topological polar surface area (TPSA) is 59.3 Å². The van der Waals surface area contributed by atoms with Crippen LogP contribution >= 0.6 is 22.9 Å². The van der Waals surface area contributed by atoms with E-state index in [1.807, 2.05) is 13.8 Å². The van der Waals surface area contributed by atoms with E-state index in [9.17, 15) is 9.18 Å². The summed E-state index contributed by atoms with van der Waals surface area (Å²) in [4.78, 5) is 17.4. The van der Waals surface area contributed by atoms with E-state index in [1.54, 1.807) is 4.52 Å². The number of halogens is 2. The van der Waals surface area contributed by atoms with Gasteiger partial charge in [-0.15, -0.1) is 0 Å². The van der Waals surface area contributed by atoms with E-state index < -0.39 is 5.82 Å². The molecular weight excluding hydrogens is 339 g/mol. The number of aromatic nitrogens is 3. The number of amides is 1. The molecule has 0 aliphatic heterocycles. The molecule has 0 saturated carbocycles. The van der Waals surface area contributed by atoms with E-state index in [2.05, 4.69) is 15.4 Å². The first-order valence-corrected chi connectivity index (χ1v) is 8.26. The van der Waals surface area contributed by atoms with Gasteiger partial charge in [-0.1, -0.05) is 29.9 Å². The van der Waals surface area contributed by atoms with E-state index >= 15 is 0 Å². The number of carbonyl (C=O) groups excluding carboxylic acids is 1. The van der Waals surface area contributed by atoms with Crippen molar-refractivity contribution in [2.24, 2.45) is 0 Å². The van der Waals surface area contributed by atoms with Gasteiger partial charge in [-0.2, -0.15) is 5.10 Å². The van der Waals surface area contributed by atoms with Crippen LogP contribution in [0.2, 0.25) is 5.02 Å². The molecule has 3 rings (SSSR count). The smallest absolute Gasteiger partial charge is 0.251 e. The Kier molecular flexibility index (Phi) is 4.32. The molecule has 120 valence electrons. The number of nitrogens with one attached hydrogen (secondary N) is 1. The summed E-state index contributed by atoms with van der Waals surface area (Å²) >= 11 is 7.24. The highest BCUT2D eigenvalue weighted by Crippen LogP contribution is 2.19. The number of carbonyl (C=O) groups is 1. The summed E-state index contributed by atoms with van der Waals surface area (Å²) < 4.78 is 14.9. The number of rotatable bonds is 4. The quantitative estimate of drug-likeness (QED) is 0.783. The van der Waals surface area contributed by atoms with Crippen LogP contribution in [-0.4, -0.2) is 20.5 Å². The molecule has 8 heteroatoms. The molecule has 3 aromatic rings. The number of benzene rings is 1. The Balaban J connectivity index is 1.79. The standard InChI is InChI=1S/C15H14ClFN4OS/c1-3-13-20-21-12(8(2)19-15(21)23-13)7-18-14(22)9-4-5-11(17)10(16)6-9/h4-6H,3,7H2,1-2H3,(H,18,22). The lowest BCUT2D eigenvalue weighted by Gasteiger charge is -2.06. The third kappa shape index (κ3) is 3.07. The zero-order valence-electron chi connectivity index (χ0n) is 12.6. The summed E-state index contributed by atoms with van der Waals surface area (Å²) in [5.41, 5.74) is 1.96. The first-order chi connectivity index (χ1) is 11.0. The molecule has 5 nitrogen and oxygen atoms in total. The lowest BCUT2D eigenvalue weighted by Crippen LogP contribution is -2.24. The second-order valence-corrected chi connectivity index (χ2v) is 6.45. The van der Waals surface area contributed by atoms with Gasteiger partial charge < -0.3 is 5.32 Å². The van der Waals surface area contributed by atoms with Crippen molar-refractivity contribution in [2.45, 2.75) is 26.8 Å². The molecule has 0 atom stereocenters. The number of hydrogen-bond acceptors (Lipinski definition) is 4. The highest BCUT2D eigenvalue weighted by Gasteiger charge is 2.15. The second kappa shape index (κ2) is 6.25. The minimum Gasteiger partial charge on any atom is -0.346 e. The Hall–Kier alpha value is -1.99. The molecule has 0 bridgehead atoms. The number of hydrogen-bond donors (Lipinski definition) is 1. The lowest BCUT2D eigenvalue weighted by molar-refractivity contribution is 0.0950. The van der Waals surface area contributed by atoms with E-state index in [0.717, 1.165) is 27.8 Å². The Morgan fingerprint density at radius 3 is 2.96 bits per heavy atom. The Bertz CT molecular complexity index is 889. The molecule has 0 fully saturated rings. The summed E-state index contributed by atoms with van der Waals surface area (Å²) in [5.74, 6) is -0.877. The Morgan fingerprint density at radius 2 is 2.26 bits per heavy atom.